The minimum absolute atomic E-state index is 0.0369. The Kier molecular flexibility index (Phi) is 3.67. The molecule has 1 aromatic rings. The fourth-order valence-corrected chi connectivity index (χ4v) is 3.08. The van der Waals surface area contributed by atoms with Crippen LogP contribution in [-0.4, -0.2) is 35.6 Å². The molecule has 0 unspecified atom stereocenters. The van der Waals surface area contributed by atoms with E-state index in [0.717, 1.165) is 5.56 Å². The van der Waals surface area contributed by atoms with Gasteiger partial charge in [-0.3, -0.25) is 0 Å². The lowest BCUT2D eigenvalue weighted by molar-refractivity contribution is -0.112. The van der Waals surface area contributed by atoms with Crippen molar-refractivity contribution in [2.45, 2.75) is 31.0 Å². The van der Waals surface area contributed by atoms with E-state index in [-0.39, 0.29) is 25.3 Å². The van der Waals surface area contributed by atoms with E-state index >= 15 is 0 Å². The summed E-state index contributed by atoms with van der Waals surface area (Å²) >= 11 is 0. The predicted molar refractivity (Wildman–Crippen MR) is 72.1 cm³/mol. The summed E-state index contributed by atoms with van der Waals surface area (Å²) in [5.74, 6) is -3.38. The van der Waals surface area contributed by atoms with Gasteiger partial charge in [-0.25, -0.2) is 8.78 Å². The van der Waals surface area contributed by atoms with Gasteiger partial charge in [0.05, 0.1) is 37.9 Å². The highest BCUT2D eigenvalue weighted by molar-refractivity contribution is 5.90. The van der Waals surface area contributed by atoms with E-state index in [9.17, 15) is 13.9 Å². The fraction of sp³-hybridized carbons (Fsp3) is 0.533. The molecule has 0 spiro atoms. The summed E-state index contributed by atoms with van der Waals surface area (Å²) in [5, 5.41) is 13.0. The molecule has 0 saturated heterocycles. The first-order valence-corrected chi connectivity index (χ1v) is 6.90. The molecule has 1 aliphatic heterocycles. The molecule has 1 N–H and O–H groups in total. The quantitative estimate of drug-likeness (QED) is 0.907. The number of fused-ring (bicyclic) bond motifs is 1. The molecule has 1 saturated carbocycles. The lowest BCUT2D eigenvalue weighted by Crippen LogP contribution is -2.40. The van der Waals surface area contributed by atoms with E-state index in [0.29, 0.717) is 6.61 Å². The number of hydrogen-bond acceptors (Lipinski definition) is 4. The predicted octanol–water partition coefficient (Wildman–Crippen LogP) is 2.37. The highest BCUT2D eigenvalue weighted by atomic mass is 19.3. The standard InChI is InChI=1S/C15H17F2NO3/c16-15(17)6-12-13(7-19)18-21-14(12,9-15)10-20-8-11-4-2-1-3-5-11/h1-5,12,19H,6-10H2/t12-,14+/m1/s1. The highest BCUT2D eigenvalue weighted by Gasteiger charge is 2.62. The molecule has 1 aromatic carbocycles. The molecular weight excluding hydrogens is 280 g/mol. The number of halogens is 2. The van der Waals surface area contributed by atoms with Crippen molar-refractivity contribution in [1.82, 2.24) is 0 Å². The van der Waals surface area contributed by atoms with Crippen LogP contribution in [-0.2, 0) is 16.2 Å². The van der Waals surface area contributed by atoms with Crippen molar-refractivity contribution < 1.29 is 23.5 Å². The number of aliphatic hydroxyl groups excluding tert-OH is 1. The van der Waals surface area contributed by atoms with Crippen molar-refractivity contribution >= 4 is 5.71 Å². The molecule has 2 atom stereocenters. The third kappa shape index (κ3) is 2.78. The van der Waals surface area contributed by atoms with Gasteiger partial charge in [0.15, 0.2) is 5.60 Å². The molecule has 0 bridgehead atoms. The molecule has 6 heteroatoms. The van der Waals surface area contributed by atoms with Crippen molar-refractivity contribution in [2.75, 3.05) is 13.2 Å². The zero-order valence-electron chi connectivity index (χ0n) is 11.5. The van der Waals surface area contributed by atoms with Crippen LogP contribution in [0.3, 0.4) is 0 Å². The third-order valence-electron chi connectivity index (χ3n) is 4.06. The van der Waals surface area contributed by atoms with E-state index in [1.165, 1.54) is 0 Å². The van der Waals surface area contributed by atoms with Crippen LogP contribution in [0, 0.1) is 5.92 Å². The Morgan fingerprint density at radius 3 is 2.81 bits per heavy atom. The van der Waals surface area contributed by atoms with Crippen LogP contribution < -0.4 is 0 Å². The molecular formula is C15H17F2NO3. The minimum atomic E-state index is -2.81. The second kappa shape index (κ2) is 5.35. The van der Waals surface area contributed by atoms with E-state index in [2.05, 4.69) is 5.16 Å². The Morgan fingerprint density at radius 1 is 1.33 bits per heavy atom. The van der Waals surface area contributed by atoms with Gasteiger partial charge < -0.3 is 14.7 Å². The number of aliphatic hydroxyl groups is 1. The number of alkyl halides is 2. The van der Waals surface area contributed by atoms with Gasteiger partial charge in [0.25, 0.3) is 5.92 Å². The monoisotopic (exact) mass is 297 g/mol. The van der Waals surface area contributed by atoms with Crippen LogP contribution in [0.2, 0.25) is 0 Å². The Bertz CT molecular complexity index is 535. The first-order chi connectivity index (χ1) is 10.0. The average molecular weight is 297 g/mol. The van der Waals surface area contributed by atoms with Crippen molar-refractivity contribution in [1.29, 1.82) is 0 Å². The lowest BCUT2D eigenvalue weighted by atomic mass is 9.88. The number of benzene rings is 1. The van der Waals surface area contributed by atoms with Gasteiger partial charge in [-0.05, 0) is 5.56 Å². The molecule has 0 radical (unpaired) electrons. The summed E-state index contributed by atoms with van der Waals surface area (Å²) in [6.07, 6.45) is -0.770. The molecule has 4 nitrogen and oxygen atoms in total. The summed E-state index contributed by atoms with van der Waals surface area (Å²) in [6.45, 7) is 0.00896. The zero-order chi connectivity index (χ0) is 14.9. The van der Waals surface area contributed by atoms with Crippen LogP contribution in [0.5, 0.6) is 0 Å². The Balaban J connectivity index is 1.66. The van der Waals surface area contributed by atoms with E-state index in [1.807, 2.05) is 30.3 Å². The molecule has 0 amide bonds. The Hall–Kier alpha value is -1.53. The zero-order valence-corrected chi connectivity index (χ0v) is 11.5. The summed E-state index contributed by atoms with van der Waals surface area (Å²) < 4.78 is 33.0. The van der Waals surface area contributed by atoms with Gasteiger partial charge >= 0.3 is 0 Å². The van der Waals surface area contributed by atoms with Crippen LogP contribution >= 0.6 is 0 Å². The maximum absolute atomic E-state index is 13.7. The second-order valence-corrected chi connectivity index (χ2v) is 5.66. The average Bonchev–Trinajstić information content (AvgIpc) is 2.90. The smallest absolute Gasteiger partial charge is 0.253 e. The van der Waals surface area contributed by atoms with E-state index in [1.54, 1.807) is 0 Å². The Morgan fingerprint density at radius 2 is 2.10 bits per heavy atom. The fourth-order valence-electron chi connectivity index (χ4n) is 3.08. The summed E-state index contributed by atoms with van der Waals surface area (Å²) in [6, 6.07) is 9.50. The van der Waals surface area contributed by atoms with Crippen molar-refractivity contribution in [3.63, 3.8) is 0 Å². The first kappa shape index (κ1) is 14.4. The number of rotatable bonds is 5. The number of hydrogen-bond donors (Lipinski definition) is 1. The first-order valence-electron chi connectivity index (χ1n) is 6.90. The van der Waals surface area contributed by atoms with Gasteiger partial charge in [0.2, 0.25) is 0 Å². The minimum Gasteiger partial charge on any atom is -0.390 e. The van der Waals surface area contributed by atoms with Gasteiger partial charge in [-0.2, -0.15) is 0 Å². The Labute approximate surface area is 121 Å². The summed E-state index contributed by atoms with van der Waals surface area (Å²) in [4.78, 5) is 5.26. The normalized spacial score (nSPS) is 29.9. The third-order valence-corrected chi connectivity index (χ3v) is 4.06. The maximum atomic E-state index is 13.7. The van der Waals surface area contributed by atoms with E-state index < -0.39 is 23.9 Å². The van der Waals surface area contributed by atoms with Gasteiger partial charge in [-0.1, -0.05) is 35.5 Å². The van der Waals surface area contributed by atoms with Gasteiger partial charge in [-0.15, -0.1) is 0 Å². The summed E-state index contributed by atoms with van der Waals surface area (Å²) in [7, 11) is 0. The molecule has 3 rings (SSSR count). The molecule has 1 aliphatic carbocycles. The van der Waals surface area contributed by atoms with Gasteiger partial charge in [0.1, 0.15) is 0 Å². The molecule has 1 heterocycles. The van der Waals surface area contributed by atoms with Crippen LogP contribution in [0.1, 0.15) is 18.4 Å². The number of ether oxygens (including phenoxy) is 1. The number of oxime groups is 1. The van der Waals surface area contributed by atoms with Crippen LogP contribution in [0.15, 0.2) is 35.5 Å². The van der Waals surface area contributed by atoms with Crippen molar-refractivity contribution in [2.24, 2.45) is 11.1 Å². The molecule has 0 aromatic heterocycles. The van der Waals surface area contributed by atoms with E-state index in [4.69, 9.17) is 9.57 Å². The molecule has 21 heavy (non-hydrogen) atoms. The topological polar surface area (TPSA) is 51.1 Å². The van der Waals surface area contributed by atoms with Crippen LogP contribution in [0.25, 0.3) is 0 Å². The maximum Gasteiger partial charge on any atom is 0.253 e. The molecule has 114 valence electrons. The summed E-state index contributed by atoms with van der Waals surface area (Å²) in [5.41, 5.74) is 0.114. The van der Waals surface area contributed by atoms with Crippen molar-refractivity contribution in [3.05, 3.63) is 35.9 Å². The molecule has 1 fully saturated rings. The van der Waals surface area contributed by atoms with Crippen LogP contribution in [0.4, 0.5) is 8.78 Å². The van der Waals surface area contributed by atoms with Crippen molar-refractivity contribution in [3.8, 4) is 0 Å². The van der Waals surface area contributed by atoms with Gasteiger partial charge in [0, 0.05) is 6.42 Å². The largest absolute Gasteiger partial charge is 0.390 e. The SMILES string of the molecule is OCC1=NO[C@]2(COCc3ccccc3)CC(F)(F)C[C@H]12. The highest BCUT2D eigenvalue weighted by Crippen LogP contribution is 2.51. The molecule has 2 aliphatic rings. The number of nitrogens with zero attached hydrogens (tertiary/aromatic N) is 1. The lowest BCUT2D eigenvalue weighted by Gasteiger charge is -2.26. The second-order valence-electron chi connectivity index (χ2n) is 5.66.